The predicted molar refractivity (Wildman–Crippen MR) is 105 cm³/mol. The van der Waals surface area contributed by atoms with Gasteiger partial charge in [0.05, 0.1) is 11.1 Å². The minimum Gasteiger partial charge on any atom is -0.382 e. The standard InChI is InChI=1S/C21H15F3N4O/c22-21(23,24)15-5-1-4-14(9-15)20(29)26-16-6-2-3-12(10-16)13-7-8-18-17(11-13)19(25)28-27-18/h1-11H,(H,26,29)(H3,25,27,28). The average molecular weight is 396 g/mol. The van der Waals surface area contributed by atoms with Crippen LogP contribution < -0.4 is 11.1 Å². The molecule has 5 nitrogen and oxygen atoms in total. The molecule has 0 aliphatic carbocycles. The number of carbonyl (C=O) groups is 1. The Morgan fingerprint density at radius 2 is 1.72 bits per heavy atom. The lowest BCUT2D eigenvalue weighted by molar-refractivity contribution is -0.137. The number of hydrogen-bond acceptors (Lipinski definition) is 3. The number of anilines is 2. The lowest BCUT2D eigenvalue weighted by atomic mass is 10.0. The third-order valence-electron chi connectivity index (χ3n) is 4.50. The number of fused-ring (bicyclic) bond motifs is 1. The SMILES string of the molecule is Nc1n[nH]c2ccc(-c3cccc(NC(=O)c4cccc(C(F)(F)F)c4)c3)cc12. The number of alkyl halides is 3. The topological polar surface area (TPSA) is 83.8 Å². The quantitative estimate of drug-likeness (QED) is 0.451. The molecule has 0 fully saturated rings. The van der Waals surface area contributed by atoms with E-state index in [0.29, 0.717) is 11.5 Å². The van der Waals surface area contributed by atoms with Crippen LogP contribution in [0.4, 0.5) is 24.7 Å². The van der Waals surface area contributed by atoms with E-state index in [0.717, 1.165) is 34.2 Å². The number of carbonyl (C=O) groups excluding carboxylic acids is 1. The second-order valence-electron chi connectivity index (χ2n) is 6.48. The van der Waals surface area contributed by atoms with Crippen molar-refractivity contribution in [1.82, 2.24) is 10.2 Å². The molecule has 0 saturated carbocycles. The van der Waals surface area contributed by atoms with Crippen molar-refractivity contribution in [1.29, 1.82) is 0 Å². The first-order chi connectivity index (χ1) is 13.8. The fourth-order valence-corrected chi connectivity index (χ4v) is 3.03. The van der Waals surface area contributed by atoms with E-state index in [2.05, 4.69) is 15.5 Å². The molecule has 0 aliphatic rings. The van der Waals surface area contributed by atoms with Gasteiger partial charge in [0, 0.05) is 16.6 Å². The number of hydrogen-bond donors (Lipinski definition) is 3. The van der Waals surface area contributed by atoms with Gasteiger partial charge in [0.25, 0.3) is 5.91 Å². The summed E-state index contributed by atoms with van der Waals surface area (Å²) in [7, 11) is 0. The number of benzene rings is 3. The maximum atomic E-state index is 12.9. The molecule has 0 bridgehead atoms. The Morgan fingerprint density at radius 3 is 2.52 bits per heavy atom. The highest BCUT2D eigenvalue weighted by molar-refractivity contribution is 6.04. The zero-order valence-corrected chi connectivity index (χ0v) is 14.9. The molecule has 3 aromatic carbocycles. The van der Waals surface area contributed by atoms with Crippen LogP contribution in [0.5, 0.6) is 0 Å². The lowest BCUT2D eigenvalue weighted by Gasteiger charge is -2.10. The highest BCUT2D eigenvalue weighted by Gasteiger charge is 2.30. The number of nitrogens with one attached hydrogen (secondary N) is 2. The number of halogens is 3. The number of aromatic amines is 1. The Balaban J connectivity index is 1.60. The zero-order chi connectivity index (χ0) is 20.6. The van der Waals surface area contributed by atoms with Gasteiger partial charge >= 0.3 is 6.18 Å². The second kappa shape index (κ2) is 6.97. The Labute approximate surface area is 163 Å². The minimum atomic E-state index is -4.51. The van der Waals surface area contributed by atoms with Gasteiger partial charge in [-0.2, -0.15) is 18.3 Å². The van der Waals surface area contributed by atoms with Crippen LogP contribution in [0, 0.1) is 0 Å². The second-order valence-corrected chi connectivity index (χ2v) is 6.48. The number of nitrogens with zero attached hydrogens (tertiary/aromatic N) is 1. The number of rotatable bonds is 3. The van der Waals surface area contributed by atoms with E-state index < -0.39 is 17.6 Å². The molecule has 0 atom stereocenters. The van der Waals surface area contributed by atoms with Crippen LogP contribution in [-0.2, 0) is 6.18 Å². The smallest absolute Gasteiger partial charge is 0.382 e. The first kappa shape index (κ1) is 18.5. The molecule has 29 heavy (non-hydrogen) atoms. The summed E-state index contributed by atoms with van der Waals surface area (Å²) in [6.45, 7) is 0. The summed E-state index contributed by atoms with van der Waals surface area (Å²) < 4.78 is 38.6. The summed E-state index contributed by atoms with van der Waals surface area (Å²) in [4.78, 5) is 12.4. The summed E-state index contributed by atoms with van der Waals surface area (Å²) in [6.07, 6.45) is -4.51. The largest absolute Gasteiger partial charge is 0.416 e. The van der Waals surface area contributed by atoms with Crippen LogP contribution in [-0.4, -0.2) is 16.1 Å². The van der Waals surface area contributed by atoms with Crippen molar-refractivity contribution in [2.45, 2.75) is 6.18 Å². The van der Waals surface area contributed by atoms with Crippen LogP contribution in [0.3, 0.4) is 0 Å². The molecule has 4 rings (SSSR count). The van der Waals surface area contributed by atoms with Crippen molar-refractivity contribution in [2.24, 2.45) is 0 Å². The van der Waals surface area contributed by atoms with E-state index in [1.807, 2.05) is 24.3 Å². The summed E-state index contributed by atoms with van der Waals surface area (Å²) >= 11 is 0. The van der Waals surface area contributed by atoms with Crippen LogP contribution in [0.25, 0.3) is 22.0 Å². The van der Waals surface area contributed by atoms with Gasteiger partial charge in [-0.25, -0.2) is 0 Å². The fraction of sp³-hybridized carbons (Fsp3) is 0.0476. The number of nitrogen functional groups attached to an aromatic ring is 1. The lowest BCUT2D eigenvalue weighted by Crippen LogP contribution is -2.13. The molecular formula is C21H15F3N4O. The highest BCUT2D eigenvalue weighted by Crippen LogP contribution is 2.30. The number of amides is 1. The van der Waals surface area contributed by atoms with E-state index in [1.54, 1.807) is 18.2 Å². The third kappa shape index (κ3) is 3.77. The third-order valence-corrected chi connectivity index (χ3v) is 4.50. The van der Waals surface area contributed by atoms with Gasteiger partial charge in [-0.1, -0.05) is 24.3 Å². The number of nitrogens with two attached hydrogens (primary N) is 1. The van der Waals surface area contributed by atoms with Gasteiger partial charge in [-0.3, -0.25) is 9.89 Å². The van der Waals surface area contributed by atoms with E-state index >= 15 is 0 Å². The first-order valence-corrected chi connectivity index (χ1v) is 8.64. The molecule has 1 amide bonds. The van der Waals surface area contributed by atoms with E-state index in [1.165, 1.54) is 12.1 Å². The van der Waals surface area contributed by atoms with Crippen molar-refractivity contribution in [2.75, 3.05) is 11.1 Å². The summed E-state index contributed by atoms with van der Waals surface area (Å²) in [5.74, 6) is -0.237. The zero-order valence-electron chi connectivity index (χ0n) is 14.9. The molecule has 8 heteroatoms. The fourth-order valence-electron chi connectivity index (χ4n) is 3.03. The molecule has 0 unspecified atom stereocenters. The summed E-state index contributed by atoms with van der Waals surface area (Å²) in [5, 5.41) is 10.2. The van der Waals surface area contributed by atoms with E-state index in [4.69, 9.17) is 5.73 Å². The molecule has 0 spiro atoms. The van der Waals surface area contributed by atoms with Crippen molar-refractivity contribution in [3.63, 3.8) is 0 Å². The van der Waals surface area contributed by atoms with E-state index in [-0.39, 0.29) is 5.56 Å². The average Bonchev–Trinajstić information content (AvgIpc) is 3.08. The molecule has 0 aliphatic heterocycles. The molecule has 0 saturated heterocycles. The van der Waals surface area contributed by atoms with Crippen LogP contribution in [0.1, 0.15) is 15.9 Å². The van der Waals surface area contributed by atoms with Crippen LogP contribution in [0.15, 0.2) is 66.7 Å². The minimum absolute atomic E-state index is 0.0715. The van der Waals surface area contributed by atoms with Crippen molar-refractivity contribution >= 4 is 28.3 Å². The molecule has 4 aromatic rings. The number of H-pyrrole nitrogens is 1. The molecular weight excluding hydrogens is 381 g/mol. The first-order valence-electron chi connectivity index (χ1n) is 8.64. The van der Waals surface area contributed by atoms with Crippen molar-refractivity contribution < 1.29 is 18.0 Å². The van der Waals surface area contributed by atoms with Crippen molar-refractivity contribution in [3.05, 3.63) is 77.9 Å². The van der Waals surface area contributed by atoms with Gasteiger partial charge in [0.1, 0.15) is 0 Å². The van der Waals surface area contributed by atoms with E-state index in [9.17, 15) is 18.0 Å². The molecule has 146 valence electrons. The van der Waals surface area contributed by atoms with Crippen LogP contribution in [0.2, 0.25) is 0 Å². The van der Waals surface area contributed by atoms with Gasteiger partial charge < -0.3 is 11.1 Å². The van der Waals surface area contributed by atoms with Gasteiger partial charge in [0.15, 0.2) is 5.82 Å². The van der Waals surface area contributed by atoms with Crippen LogP contribution >= 0.6 is 0 Å². The Hall–Kier alpha value is -3.81. The van der Waals surface area contributed by atoms with Gasteiger partial charge in [-0.15, -0.1) is 0 Å². The predicted octanol–water partition coefficient (Wildman–Crippen LogP) is 5.08. The normalized spacial score (nSPS) is 11.6. The number of aromatic nitrogens is 2. The molecule has 0 radical (unpaired) electrons. The summed E-state index contributed by atoms with van der Waals surface area (Å²) in [6, 6.07) is 16.9. The summed E-state index contributed by atoms with van der Waals surface area (Å²) in [5.41, 5.74) is 7.85. The molecule has 1 aromatic heterocycles. The van der Waals surface area contributed by atoms with Gasteiger partial charge in [-0.05, 0) is 53.6 Å². The molecule has 1 heterocycles. The monoisotopic (exact) mass is 396 g/mol. The Kier molecular flexibility index (Phi) is 4.46. The Bertz CT molecular complexity index is 1210. The highest BCUT2D eigenvalue weighted by atomic mass is 19.4. The maximum absolute atomic E-state index is 12.9. The Morgan fingerprint density at radius 1 is 0.966 bits per heavy atom. The molecule has 4 N–H and O–H groups in total. The van der Waals surface area contributed by atoms with Gasteiger partial charge in [0.2, 0.25) is 0 Å². The van der Waals surface area contributed by atoms with Crippen molar-refractivity contribution in [3.8, 4) is 11.1 Å². The maximum Gasteiger partial charge on any atom is 0.416 e.